The zero-order valence-corrected chi connectivity index (χ0v) is 14.7. The number of carbonyl (C=O) groups is 1. The first-order chi connectivity index (χ1) is 12.6. The van der Waals surface area contributed by atoms with E-state index in [0.717, 1.165) is 23.1 Å². The average Bonchev–Trinajstić information content (AvgIpc) is 3.22. The zero-order valence-electron chi connectivity index (χ0n) is 14.7. The Hall–Kier alpha value is -3.34. The maximum absolute atomic E-state index is 12.5. The van der Waals surface area contributed by atoms with Crippen LogP contribution in [0, 0.1) is 13.8 Å². The number of fused-ring (bicyclic) bond motifs is 1. The highest BCUT2D eigenvalue weighted by Crippen LogP contribution is 2.27. The van der Waals surface area contributed by atoms with Gasteiger partial charge >= 0.3 is 0 Å². The van der Waals surface area contributed by atoms with E-state index in [4.69, 9.17) is 4.52 Å². The van der Waals surface area contributed by atoms with Crippen molar-refractivity contribution in [3.05, 3.63) is 83.4 Å². The molecule has 0 aliphatic rings. The number of benzene rings is 2. The normalized spacial score (nSPS) is 11.0. The van der Waals surface area contributed by atoms with Gasteiger partial charge in [0, 0.05) is 18.1 Å². The fourth-order valence-electron chi connectivity index (χ4n) is 3.07. The quantitative estimate of drug-likeness (QED) is 0.590. The molecular formula is C21H19N3O2. The maximum atomic E-state index is 12.5. The van der Waals surface area contributed by atoms with E-state index in [-0.39, 0.29) is 5.91 Å². The summed E-state index contributed by atoms with van der Waals surface area (Å²) in [6, 6.07) is 16.5. The Kier molecular flexibility index (Phi) is 4.05. The summed E-state index contributed by atoms with van der Waals surface area (Å²) in [4.78, 5) is 12.5. The summed E-state index contributed by atoms with van der Waals surface area (Å²) >= 11 is 0. The average molecular weight is 345 g/mol. The minimum atomic E-state index is -0.220. The highest BCUT2D eigenvalue weighted by atomic mass is 16.5. The minimum Gasteiger partial charge on any atom is -0.364 e. The van der Waals surface area contributed by atoms with E-state index in [9.17, 15) is 4.79 Å². The van der Waals surface area contributed by atoms with Gasteiger partial charge in [-0.2, -0.15) is 0 Å². The zero-order chi connectivity index (χ0) is 18.1. The lowest BCUT2D eigenvalue weighted by Crippen LogP contribution is -2.12. The summed E-state index contributed by atoms with van der Waals surface area (Å²) < 4.78 is 7.02. The molecule has 0 saturated carbocycles. The second kappa shape index (κ2) is 6.52. The molecule has 5 heteroatoms. The summed E-state index contributed by atoms with van der Waals surface area (Å²) in [5.41, 5.74) is 5.32. The van der Waals surface area contributed by atoms with Gasteiger partial charge in [0.15, 0.2) is 0 Å². The molecule has 0 radical (unpaired) electrons. The number of rotatable bonds is 4. The number of carbonyl (C=O) groups excluding carboxylic acids is 1. The van der Waals surface area contributed by atoms with Gasteiger partial charge < -0.3 is 14.4 Å². The Bertz CT molecular complexity index is 1070. The molecule has 0 unspecified atom stereocenters. The molecule has 0 aliphatic heterocycles. The molecule has 5 nitrogen and oxygen atoms in total. The third-order valence-corrected chi connectivity index (χ3v) is 4.50. The van der Waals surface area contributed by atoms with E-state index in [1.165, 1.54) is 17.4 Å². The molecule has 0 bridgehead atoms. The van der Waals surface area contributed by atoms with Crippen molar-refractivity contribution in [1.82, 2.24) is 9.72 Å². The van der Waals surface area contributed by atoms with Crippen LogP contribution in [0.1, 0.15) is 27.2 Å². The third kappa shape index (κ3) is 2.99. The number of nitrogens with zero attached hydrogens (tertiary/aromatic N) is 2. The fraction of sp³-hybridized carbons (Fsp3) is 0.143. The molecule has 0 aliphatic carbocycles. The maximum Gasteiger partial charge on any atom is 0.260 e. The predicted octanol–water partition coefficient (Wildman–Crippen LogP) is 4.55. The number of aromatic nitrogens is 2. The van der Waals surface area contributed by atoms with Crippen molar-refractivity contribution in [1.29, 1.82) is 0 Å². The number of hydrogen-bond acceptors (Lipinski definition) is 3. The lowest BCUT2D eigenvalue weighted by Gasteiger charge is -2.05. The molecule has 26 heavy (non-hydrogen) atoms. The summed E-state index contributed by atoms with van der Waals surface area (Å²) in [5.74, 6) is -0.220. The standard InChI is InChI=1S/C21H19N3O2/c1-14-7-9-16(10-8-14)11-24-12-19(17-5-3-4-6-20(17)24)22-21(25)18-13-26-23-15(18)2/h3-10,12-13H,11H2,1-2H3,(H,22,25). The van der Waals surface area contributed by atoms with Gasteiger partial charge in [-0.1, -0.05) is 53.2 Å². The van der Waals surface area contributed by atoms with Crippen LogP contribution in [0.4, 0.5) is 5.69 Å². The highest BCUT2D eigenvalue weighted by molar-refractivity contribution is 6.09. The van der Waals surface area contributed by atoms with E-state index in [1.807, 2.05) is 24.4 Å². The molecule has 0 spiro atoms. The Labute approximate surface area is 151 Å². The van der Waals surface area contributed by atoms with Crippen molar-refractivity contribution in [2.24, 2.45) is 0 Å². The molecule has 0 atom stereocenters. The topological polar surface area (TPSA) is 60.1 Å². The Morgan fingerprint density at radius 2 is 1.88 bits per heavy atom. The number of hydrogen-bond donors (Lipinski definition) is 1. The van der Waals surface area contributed by atoms with Gasteiger partial charge in [0.1, 0.15) is 11.8 Å². The van der Waals surface area contributed by atoms with Gasteiger partial charge in [-0.05, 0) is 25.5 Å². The van der Waals surface area contributed by atoms with E-state index in [1.54, 1.807) is 6.92 Å². The lowest BCUT2D eigenvalue weighted by atomic mass is 10.1. The molecule has 2 heterocycles. The van der Waals surface area contributed by atoms with Crippen LogP contribution in [0.25, 0.3) is 10.9 Å². The number of nitrogens with one attached hydrogen (secondary N) is 1. The second-order valence-electron chi connectivity index (χ2n) is 6.44. The predicted molar refractivity (Wildman–Crippen MR) is 101 cm³/mol. The van der Waals surface area contributed by atoms with Gasteiger partial charge in [0.05, 0.1) is 16.9 Å². The van der Waals surface area contributed by atoms with Crippen LogP contribution in [-0.2, 0) is 6.54 Å². The monoisotopic (exact) mass is 345 g/mol. The molecule has 4 aromatic rings. The van der Waals surface area contributed by atoms with Gasteiger partial charge in [-0.15, -0.1) is 0 Å². The highest BCUT2D eigenvalue weighted by Gasteiger charge is 2.16. The van der Waals surface area contributed by atoms with Crippen LogP contribution in [0.15, 0.2) is 65.5 Å². The molecular weight excluding hydrogens is 326 g/mol. The van der Waals surface area contributed by atoms with Crippen LogP contribution >= 0.6 is 0 Å². The molecule has 0 saturated heterocycles. The third-order valence-electron chi connectivity index (χ3n) is 4.50. The van der Waals surface area contributed by atoms with E-state index < -0.39 is 0 Å². The number of aryl methyl sites for hydroxylation is 2. The van der Waals surface area contributed by atoms with Crippen molar-refractivity contribution in [2.45, 2.75) is 20.4 Å². The minimum absolute atomic E-state index is 0.220. The summed E-state index contributed by atoms with van der Waals surface area (Å²) in [6.45, 7) is 4.57. The van der Waals surface area contributed by atoms with Crippen molar-refractivity contribution < 1.29 is 9.32 Å². The van der Waals surface area contributed by atoms with E-state index >= 15 is 0 Å². The lowest BCUT2D eigenvalue weighted by molar-refractivity contribution is 0.102. The first kappa shape index (κ1) is 16.1. The van der Waals surface area contributed by atoms with Crippen molar-refractivity contribution in [3.8, 4) is 0 Å². The van der Waals surface area contributed by atoms with Crippen LogP contribution in [0.3, 0.4) is 0 Å². The van der Waals surface area contributed by atoms with Gasteiger partial charge in [0.25, 0.3) is 5.91 Å². The van der Waals surface area contributed by atoms with Crippen molar-refractivity contribution in [2.75, 3.05) is 5.32 Å². The Balaban J connectivity index is 1.68. The summed E-state index contributed by atoms with van der Waals surface area (Å²) in [7, 11) is 0. The van der Waals surface area contributed by atoms with Gasteiger partial charge in [-0.25, -0.2) is 0 Å². The smallest absolute Gasteiger partial charge is 0.260 e. The number of anilines is 1. The second-order valence-corrected chi connectivity index (χ2v) is 6.44. The number of para-hydroxylation sites is 1. The summed E-state index contributed by atoms with van der Waals surface area (Å²) in [6.07, 6.45) is 3.35. The number of amides is 1. The molecule has 1 amide bonds. The molecule has 2 aromatic heterocycles. The SMILES string of the molecule is Cc1ccc(Cn2cc(NC(=O)c3conc3C)c3ccccc32)cc1. The molecule has 2 aromatic carbocycles. The first-order valence-corrected chi connectivity index (χ1v) is 8.47. The van der Waals surface area contributed by atoms with Crippen LogP contribution < -0.4 is 5.32 Å². The first-order valence-electron chi connectivity index (χ1n) is 8.47. The van der Waals surface area contributed by atoms with Crippen LogP contribution in [0.2, 0.25) is 0 Å². The molecule has 130 valence electrons. The van der Waals surface area contributed by atoms with Gasteiger partial charge in [0.2, 0.25) is 0 Å². The molecule has 4 rings (SSSR count). The van der Waals surface area contributed by atoms with Crippen molar-refractivity contribution in [3.63, 3.8) is 0 Å². The van der Waals surface area contributed by atoms with E-state index in [2.05, 4.69) is 52.3 Å². The summed E-state index contributed by atoms with van der Waals surface area (Å²) in [5, 5.41) is 7.75. The Morgan fingerprint density at radius 1 is 1.12 bits per heavy atom. The van der Waals surface area contributed by atoms with Crippen LogP contribution in [-0.4, -0.2) is 15.6 Å². The molecule has 0 fully saturated rings. The fourth-order valence-corrected chi connectivity index (χ4v) is 3.07. The van der Waals surface area contributed by atoms with Crippen molar-refractivity contribution >= 4 is 22.5 Å². The van der Waals surface area contributed by atoms with Gasteiger partial charge in [-0.3, -0.25) is 4.79 Å². The Morgan fingerprint density at radius 3 is 2.62 bits per heavy atom. The van der Waals surface area contributed by atoms with E-state index in [0.29, 0.717) is 11.3 Å². The largest absolute Gasteiger partial charge is 0.364 e. The van der Waals surface area contributed by atoms with Crippen LogP contribution in [0.5, 0.6) is 0 Å². The molecule has 1 N–H and O–H groups in total.